The second kappa shape index (κ2) is 9.93. The molecule has 24 heavy (non-hydrogen) atoms. The molecule has 5 nitrogen and oxygen atoms in total. The molecule has 0 aliphatic heterocycles. The number of ether oxygens (including phenoxy) is 1. The minimum atomic E-state index is 0.587. The average Bonchev–Trinajstić information content (AvgIpc) is 3.06. The van der Waals surface area contributed by atoms with Crippen LogP contribution in [0.4, 0.5) is 0 Å². The Morgan fingerprint density at radius 1 is 1.21 bits per heavy atom. The highest BCUT2D eigenvalue weighted by Gasteiger charge is 2.01. The zero-order chi connectivity index (χ0) is 17.2. The minimum Gasteiger partial charge on any atom is -0.492 e. The maximum absolute atomic E-state index is 5.71. The number of hydrogen-bond donors (Lipinski definition) is 2. The smallest absolute Gasteiger partial charge is 0.191 e. The van der Waals surface area contributed by atoms with Crippen LogP contribution in [0.15, 0.2) is 34.6 Å². The first kappa shape index (κ1) is 18.3. The van der Waals surface area contributed by atoms with E-state index in [1.807, 2.05) is 24.3 Å². The Labute approximate surface area is 148 Å². The van der Waals surface area contributed by atoms with Crippen LogP contribution in [0.3, 0.4) is 0 Å². The molecule has 1 heterocycles. The predicted molar refractivity (Wildman–Crippen MR) is 101 cm³/mol. The van der Waals surface area contributed by atoms with Crippen molar-refractivity contribution in [3.63, 3.8) is 0 Å². The molecule has 0 fully saturated rings. The van der Waals surface area contributed by atoms with Gasteiger partial charge >= 0.3 is 0 Å². The number of rotatable bonds is 8. The van der Waals surface area contributed by atoms with Gasteiger partial charge in [0.2, 0.25) is 0 Å². The number of hydrogen-bond acceptors (Lipinski definition) is 4. The number of aliphatic imine (C=N–C) groups is 1. The van der Waals surface area contributed by atoms with Crippen LogP contribution >= 0.6 is 11.3 Å². The van der Waals surface area contributed by atoms with Crippen molar-refractivity contribution >= 4 is 17.3 Å². The summed E-state index contributed by atoms with van der Waals surface area (Å²) in [6.45, 7) is 8.92. The largest absolute Gasteiger partial charge is 0.492 e. The van der Waals surface area contributed by atoms with Gasteiger partial charge in [-0.1, -0.05) is 24.6 Å². The fourth-order valence-electron chi connectivity index (χ4n) is 2.06. The van der Waals surface area contributed by atoms with Crippen molar-refractivity contribution in [3.05, 3.63) is 45.9 Å². The molecule has 1 aromatic heterocycles. The standard InChI is InChI=1S/C18H26N4OS/c1-4-17-22-15(13-24-17)12-21-18(19-5-2)20-10-11-23-16-8-6-14(3)7-9-16/h6-9,13H,4-5,10-12H2,1-3H3,(H2,19,20,21). The number of guanidine groups is 1. The summed E-state index contributed by atoms with van der Waals surface area (Å²) in [6, 6.07) is 8.07. The Morgan fingerprint density at radius 3 is 2.67 bits per heavy atom. The summed E-state index contributed by atoms with van der Waals surface area (Å²) in [6.07, 6.45) is 0.975. The molecule has 6 heteroatoms. The molecule has 0 amide bonds. The van der Waals surface area contributed by atoms with Crippen LogP contribution in [0.5, 0.6) is 5.75 Å². The molecule has 0 saturated carbocycles. The Kier molecular flexibility index (Phi) is 7.55. The van der Waals surface area contributed by atoms with Crippen molar-refractivity contribution in [2.45, 2.75) is 33.7 Å². The van der Waals surface area contributed by atoms with E-state index in [2.05, 4.69) is 46.8 Å². The third-order valence-corrected chi connectivity index (χ3v) is 4.37. The van der Waals surface area contributed by atoms with Crippen molar-refractivity contribution in [1.29, 1.82) is 0 Å². The molecule has 0 spiro atoms. The normalized spacial score (nSPS) is 11.4. The molecule has 1 aromatic carbocycles. The molecular formula is C18H26N4OS. The summed E-state index contributed by atoms with van der Waals surface area (Å²) < 4.78 is 5.71. The SMILES string of the molecule is CCNC(=NCc1csc(CC)n1)NCCOc1ccc(C)cc1. The Morgan fingerprint density at radius 2 is 2.00 bits per heavy atom. The van der Waals surface area contributed by atoms with Crippen molar-refractivity contribution in [3.8, 4) is 5.75 Å². The van der Waals surface area contributed by atoms with Gasteiger partial charge < -0.3 is 15.4 Å². The summed E-state index contributed by atoms with van der Waals surface area (Å²) in [5.74, 6) is 1.68. The first-order valence-corrected chi connectivity index (χ1v) is 9.24. The van der Waals surface area contributed by atoms with E-state index in [1.54, 1.807) is 11.3 Å². The van der Waals surface area contributed by atoms with E-state index in [-0.39, 0.29) is 0 Å². The van der Waals surface area contributed by atoms with Crippen molar-refractivity contribution < 1.29 is 4.74 Å². The van der Waals surface area contributed by atoms with E-state index in [1.165, 1.54) is 5.56 Å². The molecule has 0 aliphatic rings. The number of benzene rings is 1. The van der Waals surface area contributed by atoms with Gasteiger partial charge in [-0.15, -0.1) is 11.3 Å². The van der Waals surface area contributed by atoms with Crippen molar-refractivity contribution in [1.82, 2.24) is 15.6 Å². The lowest BCUT2D eigenvalue weighted by Gasteiger charge is -2.12. The molecule has 2 N–H and O–H groups in total. The fraction of sp³-hybridized carbons (Fsp3) is 0.444. The molecular weight excluding hydrogens is 320 g/mol. The highest BCUT2D eigenvalue weighted by Crippen LogP contribution is 2.11. The van der Waals surface area contributed by atoms with Crippen LogP contribution in [0.2, 0.25) is 0 Å². The van der Waals surface area contributed by atoms with Gasteiger partial charge in [-0.05, 0) is 32.4 Å². The maximum atomic E-state index is 5.71. The van der Waals surface area contributed by atoms with Crippen molar-refractivity contribution in [2.75, 3.05) is 19.7 Å². The zero-order valence-corrected chi connectivity index (χ0v) is 15.4. The summed E-state index contributed by atoms with van der Waals surface area (Å²) in [7, 11) is 0. The Hall–Kier alpha value is -2.08. The Balaban J connectivity index is 1.77. The van der Waals surface area contributed by atoms with Crippen LogP contribution < -0.4 is 15.4 Å². The lowest BCUT2D eigenvalue weighted by atomic mass is 10.2. The third-order valence-electron chi connectivity index (χ3n) is 3.33. The topological polar surface area (TPSA) is 58.5 Å². The van der Waals surface area contributed by atoms with Gasteiger partial charge in [-0.2, -0.15) is 0 Å². The first-order chi connectivity index (χ1) is 11.7. The zero-order valence-electron chi connectivity index (χ0n) is 14.6. The van der Waals surface area contributed by atoms with E-state index < -0.39 is 0 Å². The van der Waals surface area contributed by atoms with Gasteiger partial charge in [0.05, 0.1) is 23.8 Å². The maximum Gasteiger partial charge on any atom is 0.191 e. The van der Waals surface area contributed by atoms with Gasteiger partial charge in [-0.25, -0.2) is 9.98 Å². The van der Waals surface area contributed by atoms with Gasteiger partial charge in [0, 0.05) is 11.9 Å². The molecule has 0 radical (unpaired) electrons. The monoisotopic (exact) mass is 346 g/mol. The second-order valence-corrected chi connectivity index (χ2v) is 6.31. The van der Waals surface area contributed by atoms with E-state index in [0.29, 0.717) is 19.7 Å². The summed E-state index contributed by atoms with van der Waals surface area (Å²) >= 11 is 1.69. The summed E-state index contributed by atoms with van der Waals surface area (Å²) in [5, 5.41) is 9.75. The van der Waals surface area contributed by atoms with Gasteiger partial charge in [0.25, 0.3) is 0 Å². The minimum absolute atomic E-state index is 0.587. The quantitative estimate of drug-likeness (QED) is 0.438. The van der Waals surface area contributed by atoms with Crippen LogP contribution in [0, 0.1) is 6.92 Å². The fourth-order valence-corrected chi connectivity index (χ4v) is 2.79. The van der Waals surface area contributed by atoms with Crippen LogP contribution in [-0.4, -0.2) is 30.6 Å². The molecule has 0 atom stereocenters. The first-order valence-electron chi connectivity index (χ1n) is 8.36. The molecule has 2 aromatic rings. The van der Waals surface area contributed by atoms with Crippen molar-refractivity contribution in [2.24, 2.45) is 4.99 Å². The third kappa shape index (κ3) is 6.20. The van der Waals surface area contributed by atoms with Gasteiger partial charge in [-0.3, -0.25) is 0 Å². The van der Waals surface area contributed by atoms with E-state index in [9.17, 15) is 0 Å². The number of nitrogens with zero attached hydrogens (tertiary/aromatic N) is 2. The average molecular weight is 347 g/mol. The number of thiazole rings is 1. The molecule has 2 rings (SSSR count). The molecule has 0 bridgehead atoms. The molecule has 130 valence electrons. The van der Waals surface area contributed by atoms with Crippen LogP contribution in [0.25, 0.3) is 0 Å². The summed E-state index contributed by atoms with van der Waals surface area (Å²) in [4.78, 5) is 9.11. The van der Waals surface area contributed by atoms with Gasteiger partial charge in [0.15, 0.2) is 5.96 Å². The predicted octanol–water partition coefficient (Wildman–Crippen LogP) is 3.15. The molecule has 0 saturated heterocycles. The van der Waals surface area contributed by atoms with Crippen LogP contribution in [-0.2, 0) is 13.0 Å². The second-order valence-electron chi connectivity index (χ2n) is 5.37. The lowest BCUT2D eigenvalue weighted by Crippen LogP contribution is -2.39. The lowest BCUT2D eigenvalue weighted by molar-refractivity contribution is 0.322. The highest BCUT2D eigenvalue weighted by molar-refractivity contribution is 7.09. The number of aryl methyl sites for hydroxylation is 2. The van der Waals surface area contributed by atoms with E-state index >= 15 is 0 Å². The van der Waals surface area contributed by atoms with E-state index in [0.717, 1.165) is 35.4 Å². The van der Waals surface area contributed by atoms with Gasteiger partial charge in [0.1, 0.15) is 12.4 Å². The summed E-state index contributed by atoms with van der Waals surface area (Å²) in [5.41, 5.74) is 2.25. The molecule has 0 aliphatic carbocycles. The molecule has 0 unspecified atom stereocenters. The Bertz CT molecular complexity index is 637. The number of nitrogens with one attached hydrogen (secondary N) is 2. The highest BCUT2D eigenvalue weighted by atomic mass is 32.1. The van der Waals surface area contributed by atoms with Crippen LogP contribution in [0.1, 0.15) is 30.1 Å². The number of aromatic nitrogens is 1. The van der Waals surface area contributed by atoms with E-state index in [4.69, 9.17) is 4.74 Å².